The van der Waals surface area contributed by atoms with E-state index in [4.69, 9.17) is 9.47 Å². The van der Waals surface area contributed by atoms with E-state index < -0.39 is 6.10 Å². The molecule has 0 aromatic carbocycles. The van der Waals surface area contributed by atoms with Gasteiger partial charge in [-0.1, -0.05) is 18.9 Å². The third-order valence-electron chi connectivity index (χ3n) is 3.37. The minimum atomic E-state index is -0.472. The molecule has 2 rings (SSSR count). The Balaban J connectivity index is 1.93. The highest BCUT2D eigenvalue weighted by molar-refractivity contribution is 4.96. The van der Waals surface area contributed by atoms with E-state index in [9.17, 15) is 5.11 Å². The summed E-state index contributed by atoms with van der Waals surface area (Å²) in [4.78, 5) is 0. The molecule has 0 aromatic rings. The SMILES string of the molecule is C=CC[C@H]1O[C@@H](CC2CC2)C(O)[C@H]1OC. The van der Waals surface area contributed by atoms with Gasteiger partial charge in [0.05, 0.1) is 12.2 Å². The highest BCUT2D eigenvalue weighted by Gasteiger charge is 2.44. The quantitative estimate of drug-likeness (QED) is 0.702. The average Bonchev–Trinajstić information content (AvgIpc) is 2.96. The monoisotopic (exact) mass is 212 g/mol. The van der Waals surface area contributed by atoms with Crippen molar-refractivity contribution >= 4 is 0 Å². The number of ether oxygens (including phenoxy) is 2. The van der Waals surface area contributed by atoms with Gasteiger partial charge in [0, 0.05) is 7.11 Å². The van der Waals surface area contributed by atoms with Gasteiger partial charge in [-0.15, -0.1) is 6.58 Å². The molecule has 4 atom stereocenters. The van der Waals surface area contributed by atoms with Crippen LogP contribution < -0.4 is 0 Å². The summed E-state index contributed by atoms with van der Waals surface area (Å²) in [7, 11) is 1.63. The molecular weight excluding hydrogens is 192 g/mol. The van der Waals surface area contributed by atoms with Crippen LogP contribution in [0.25, 0.3) is 0 Å². The van der Waals surface area contributed by atoms with Crippen molar-refractivity contribution in [1.29, 1.82) is 0 Å². The molecule has 0 radical (unpaired) electrons. The normalized spacial score (nSPS) is 40.7. The highest BCUT2D eigenvalue weighted by Crippen LogP contribution is 2.38. The van der Waals surface area contributed by atoms with Crippen LogP contribution in [-0.2, 0) is 9.47 Å². The molecule has 15 heavy (non-hydrogen) atoms. The summed E-state index contributed by atoms with van der Waals surface area (Å²) in [5.74, 6) is 0.768. The van der Waals surface area contributed by atoms with Crippen LogP contribution in [-0.4, -0.2) is 36.6 Å². The van der Waals surface area contributed by atoms with Gasteiger partial charge < -0.3 is 14.6 Å². The summed E-state index contributed by atoms with van der Waals surface area (Å²) < 4.78 is 11.1. The van der Waals surface area contributed by atoms with Crippen LogP contribution in [0.2, 0.25) is 0 Å². The van der Waals surface area contributed by atoms with E-state index in [1.807, 2.05) is 6.08 Å². The predicted octanol–water partition coefficient (Wildman–Crippen LogP) is 1.51. The van der Waals surface area contributed by atoms with Crippen LogP contribution in [0.5, 0.6) is 0 Å². The second kappa shape index (κ2) is 4.64. The summed E-state index contributed by atoms with van der Waals surface area (Å²) >= 11 is 0. The number of aliphatic hydroxyl groups is 1. The Kier molecular flexibility index (Phi) is 3.44. The lowest BCUT2D eigenvalue weighted by molar-refractivity contribution is -0.00939. The predicted molar refractivity (Wildman–Crippen MR) is 57.6 cm³/mol. The fraction of sp³-hybridized carbons (Fsp3) is 0.833. The molecule has 1 saturated heterocycles. The fourth-order valence-electron chi connectivity index (χ4n) is 2.34. The van der Waals surface area contributed by atoms with Crippen molar-refractivity contribution in [2.24, 2.45) is 5.92 Å². The van der Waals surface area contributed by atoms with Crippen LogP contribution in [0.1, 0.15) is 25.7 Å². The smallest absolute Gasteiger partial charge is 0.112 e. The average molecular weight is 212 g/mol. The van der Waals surface area contributed by atoms with Crippen molar-refractivity contribution in [2.45, 2.75) is 50.1 Å². The Morgan fingerprint density at radius 3 is 2.73 bits per heavy atom. The Morgan fingerprint density at radius 1 is 1.47 bits per heavy atom. The standard InChI is InChI=1S/C12H20O3/c1-3-4-9-12(14-2)11(13)10(15-9)7-8-5-6-8/h3,8-13H,1,4-7H2,2H3/t9-,10+,11?,12+/m1/s1. The molecule has 86 valence electrons. The van der Waals surface area contributed by atoms with Gasteiger partial charge in [0.15, 0.2) is 0 Å². The van der Waals surface area contributed by atoms with E-state index in [1.54, 1.807) is 7.11 Å². The number of hydrogen-bond donors (Lipinski definition) is 1. The van der Waals surface area contributed by atoms with Crippen molar-refractivity contribution in [3.63, 3.8) is 0 Å². The van der Waals surface area contributed by atoms with Gasteiger partial charge in [0.2, 0.25) is 0 Å². The largest absolute Gasteiger partial charge is 0.388 e. The van der Waals surface area contributed by atoms with E-state index in [1.165, 1.54) is 12.8 Å². The van der Waals surface area contributed by atoms with Crippen molar-refractivity contribution < 1.29 is 14.6 Å². The molecule has 0 bridgehead atoms. The van der Waals surface area contributed by atoms with Gasteiger partial charge >= 0.3 is 0 Å². The lowest BCUT2D eigenvalue weighted by Crippen LogP contribution is -2.34. The lowest BCUT2D eigenvalue weighted by Gasteiger charge is -2.17. The molecular formula is C12H20O3. The van der Waals surface area contributed by atoms with Gasteiger partial charge in [-0.2, -0.15) is 0 Å². The van der Waals surface area contributed by atoms with Crippen LogP contribution >= 0.6 is 0 Å². The second-order valence-corrected chi connectivity index (χ2v) is 4.61. The first-order chi connectivity index (χ1) is 7.26. The maximum atomic E-state index is 10.0. The Labute approximate surface area is 91.1 Å². The molecule has 0 aromatic heterocycles. The molecule has 0 spiro atoms. The summed E-state index contributed by atoms with van der Waals surface area (Å²) in [5, 5.41) is 10.0. The second-order valence-electron chi connectivity index (χ2n) is 4.61. The van der Waals surface area contributed by atoms with Crippen molar-refractivity contribution in [3.05, 3.63) is 12.7 Å². The maximum Gasteiger partial charge on any atom is 0.112 e. The zero-order valence-corrected chi connectivity index (χ0v) is 9.26. The Hall–Kier alpha value is -0.380. The third kappa shape index (κ3) is 2.41. The van der Waals surface area contributed by atoms with Gasteiger partial charge in [-0.3, -0.25) is 0 Å². The summed E-state index contributed by atoms with van der Waals surface area (Å²) in [6.45, 7) is 3.70. The number of hydrogen-bond acceptors (Lipinski definition) is 3. The van der Waals surface area contributed by atoms with E-state index >= 15 is 0 Å². The molecule has 1 aliphatic carbocycles. The zero-order chi connectivity index (χ0) is 10.8. The molecule has 3 heteroatoms. The molecule has 1 aliphatic heterocycles. The van der Waals surface area contributed by atoms with Crippen LogP contribution in [0.4, 0.5) is 0 Å². The molecule has 0 amide bonds. The third-order valence-corrected chi connectivity index (χ3v) is 3.37. The van der Waals surface area contributed by atoms with Crippen molar-refractivity contribution in [3.8, 4) is 0 Å². The first-order valence-corrected chi connectivity index (χ1v) is 5.73. The van der Waals surface area contributed by atoms with E-state index in [-0.39, 0.29) is 18.3 Å². The molecule has 1 N–H and O–H groups in total. The van der Waals surface area contributed by atoms with Gasteiger partial charge in [0.1, 0.15) is 12.2 Å². The van der Waals surface area contributed by atoms with Gasteiger partial charge in [0.25, 0.3) is 0 Å². The molecule has 2 aliphatic rings. The molecule has 1 unspecified atom stereocenters. The number of rotatable bonds is 5. The first kappa shape index (κ1) is 11.1. The van der Waals surface area contributed by atoms with Crippen LogP contribution in [0.3, 0.4) is 0 Å². The van der Waals surface area contributed by atoms with E-state index in [0.29, 0.717) is 0 Å². The lowest BCUT2D eigenvalue weighted by atomic mass is 10.0. The first-order valence-electron chi connectivity index (χ1n) is 5.73. The van der Waals surface area contributed by atoms with Crippen molar-refractivity contribution in [2.75, 3.05) is 7.11 Å². The highest BCUT2D eigenvalue weighted by atomic mass is 16.6. The summed E-state index contributed by atoms with van der Waals surface area (Å²) in [6, 6.07) is 0. The molecule has 3 nitrogen and oxygen atoms in total. The maximum absolute atomic E-state index is 10.0. The Morgan fingerprint density at radius 2 is 2.20 bits per heavy atom. The van der Waals surface area contributed by atoms with Crippen LogP contribution in [0, 0.1) is 5.92 Å². The number of methoxy groups -OCH3 is 1. The van der Waals surface area contributed by atoms with E-state index in [0.717, 1.165) is 18.8 Å². The zero-order valence-electron chi connectivity index (χ0n) is 9.26. The van der Waals surface area contributed by atoms with Crippen molar-refractivity contribution in [1.82, 2.24) is 0 Å². The van der Waals surface area contributed by atoms with Gasteiger partial charge in [-0.05, 0) is 18.8 Å². The molecule has 1 saturated carbocycles. The Bertz CT molecular complexity index is 225. The van der Waals surface area contributed by atoms with Gasteiger partial charge in [-0.25, -0.2) is 0 Å². The topological polar surface area (TPSA) is 38.7 Å². The minimum absolute atomic E-state index is 0.0220. The van der Waals surface area contributed by atoms with Crippen LogP contribution in [0.15, 0.2) is 12.7 Å². The minimum Gasteiger partial charge on any atom is -0.388 e. The summed E-state index contributed by atoms with van der Waals surface area (Å²) in [6.07, 6.45) is 5.41. The molecule has 1 heterocycles. The fourth-order valence-corrected chi connectivity index (χ4v) is 2.34. The number of aliphatic hydroxyl groups excluding tert-OH is 1. The molecule has 2 fully saturated rings. The summed E-state index contributed by atoms with van der Waals surface area (Å²) in [5.41, 5.74) is 0. The van der Waals surface area contributed by atoms with E-state index in [2.05, 4.69) is 6.58 Å².